The molecule has 2 heteroatoms. The summed E-state index contributed by atoms with van der Waals surface area (Å²) in [6.07, 6.45) is 0.536. The zero-order valence-electron chi connectivity index (χ0n) is 13.8. The third-order valence-corrected chi connectivity index (χ3v) is 4.21. The molecule has 0 spiro atoms. The molecule has 0 amide bonds. The van der Waals surface area contributed by atoms with E-state index in [0.717, 1.165) is 17.5 Å². The normalized spacial score (nSPS) is 12.7. The van der Waals surface area contributed by atoms with Gasteiger partial charge in [0.15, 0.2) is 0 Å². The Bertz CT molecular complexity index is 612. The molecule has 116 valence electrons. The van der Waals surface area contributed by atoms with E-state index in [1.54, 1.807) is 0 Å². The largest absolute Gasteiger partial charge is 0.457 e. The average Bonchev–Trinajstić information content (AvgIpc) is 2.55. The number of carbonyl (C=O) groups excluding carboxylic acids is 1. The van der Waals surface area contributed by atoms with Crippen LogP contribution in [0.25, 0.3) is 11.1 Å². The lowest BCUT2D eigenvalue weighted by Gasteiger charge is -2.23. The maximum Gasteiger partial charge on any atom is 0.312 e. The van der Waals surface area contributed by atoms with Crippen molar-refractivity contribution in [2.45, 2.75) is 40.2 Å². The van der Waals surface area contributed by atoms with E-state index in [0.29, 0.717) is 0 Å². The van der Waals surface area contributed by atoms with Gasteiger partial charge in [0.25, 0.3) is 0 Å². The Morgan fingerprint density at radius 1 is 1.00 bits per heavy atom. The van der Waals surface area contributed by atoms with Crippen molar-refractivity contribution in [2.24, 2.45) is 5.41 Å². The molecule has 0 aliphatic rings. The van der Waals surface area contributed by atoms with E-state index >= 15 is 0 Å². The number of benzene rings is 2. The smallest absolute Gasteiger partial charge is 0.312 e. The highest BCUT2D eigenvalue weighted by Crippen LogP contribution is 2.27. The molecule has 0 bridgehead atoms. The summed E-state index contributed by atoms with van der Waals surface area (Å²) in [5.41, 5.74) is 2.93. The maximum absolute atomic E-state index is 12.1. The lowest BCUT2D eigenvalue weighted by Crippen LogP contribution is -2.26. The Labute approximate surface area is 133 Å². The summed E-state index contributed by atoms with van der Waals surface area (Å²) >= 11 is 0. The third kappa shape index (κ3) is 3.76. The molecule has 0 aliphatic carbocycles. The second-order valence-electron chi connectivity index (χ2n) is 6.27. The van der Waals surface area contributed by atoms with Crippen LogP contribution in [0.4, 0.5) is 0 Å². The van der Waals surface area contributed by atoms with Crippen LogP contribution < -0.4 is 0 Å². The average molecular weight is 296 g/mol. The van der Waals surface area contributed by atoms with Crippen LogP contribution in [0.1, 0.15) is 45.8 Å². The molecule has 2 aromatic carbocycles. The summed E-state index contributed by atoms with van der Waals surface area (Å²) in [7, 11) is 0. The van der Waals surface area contributed by atoms with Gasteiger partial charge in [0.1, 0.15) is 6.10 Å². The van der Waals surface area contributed by atoms with E-state index in [4.69, 9.17) is 4.74 Å². The molecule has 2 rings (SSSR count). The van der Waals surface area contributed by atoms with Gasteiger partial charge in [-0.05, 0) is 43.9 Å². The van der Waals surface area contributed by atoms with Gasteiger partial charge in [-0.1, -0.05) is 61.5 Å². The first-order chi connectivity index (χ1) is 10.4. The Balaban J connectivity index is 2.09. The quantitative estimate of drug-likeness (QED) is 0.691. The van der Waals surface area contributed by atoms with Crippen molar-refractivity contribution in [1.82, 2.24) is 0 Å². The minimum atomic E-state index is -0.432. The van der Waals surface area contributed by atoms with Gasteiger partial charge >= 0.3 is 5.97 Å². The van der Waals surface area contributed by atoms with Crippen molar-refractivity contribution in [3.05, 3.63) is 60.2 Å². The molecule has 0 radical (unpaired) electrons. The topological polar surface area (TPSA) is 26.3 Å². The molecule has 0 N–H and O–H groups in total. The van der Waals surface area contributed by atoms with E-state index in [-0.39, 0.29) is 12.1 Å². The molecule has 0 aliphatic heterocycles. The van der Waals surface area contributed by atoms with Crippen LogP contribution >= 0.6 is 0 Å². The summed E-state index contributed by atoms with van der Waals surface area (Å²) in [4.78, 5) is 12.1. The molecule has 2 aromatic rings. The van der Waals surface area contributed by atoms with Crippen LogP contribution in [0.3, 0.4) is 0 Å². The number of hydrogen-bond donors (Lipinski definition) is 0. The first-order valence-corrected chi connectivity index (χ1v) is 7.80. The fourth-order valence-corrected chi connectivity index (χ4v) is 2.11. The van der Waals surface area contributed by atoms with Crippen LogP contribution in [0.15, 0.2) is 54.6 Å². The second kappa shape index (κ2) is 6.78. The molecule has 0 heterocycles. The predicted molar refractivity (Wildman–Crippen MR) is 90.5 cm³/mol. The van der Waals surface area contributed by atoms with E-state index in [1.165, 1.54) is 5.56 Å². The molecule has 22 heavy (non-hydrogen) atoms. The summed E-state index contributed by atoms with van der Waals surface area (Å²) in [6, 6.07) is 18.4. The Morgan fingerprint density at radius 2 is 1.55 bits per heavy atom. The molecule has 0 fully saturated rings. The number of hydrogen-bond acceptors (Lipinski definition) is 2. The standard InChI is InChI=1S/C20H24O2/c1-5-20(3,4)19(21)22-15(2)16-11-13-18(14-12-16)17-9-7-6-8-10-17/h6-15H,5H2,1-4H3. The monoisotopic (exact) mass is 296 g/mol. The van der Waals surface area contributed by atoms with Crippen LogP contribution in [-0.2, 0) is 9.53 Å². The second-order valence-corrected chi connectivity index (χ2v) is 6.27. The zero-order valence-corrected chi connectivity index (χ0v) is 13.8. The van der Waals surface area contributed by atoms with Crippen molar-refractivity contribution in [2.75, 3.05) is 0 Å². The minimum Gasteiger partial charge on any atom is -0.457 e. The van der Waals surface area contributed by atoms with Gasteiger partial charge in [-0.3, -0.25) is 4.79 Å². The first kappa shape index (κ1) is 16.3. The highest BCUT2D eigenvalue weighted by molar-refractivity contribution is 5.76. The minimum absolute atomic E-state index is 0.144. The van der Waals surface area contributed by atoms with Crippen LogP contribution in [0, 0.1) is 5.41 Å². The van der Waals surface area contributed by atoms with E-state index in [1.807, 2.05) is 58.0 Å². The molecule has 2 nitrogen and oxygen atoms in total. The molecule has 0 saturated carbocycles. The molecule has 0 aromatic heterocycles. The highest BCUT2D eigenvalue weighted by Gasteiger charge is 2.28. The fourth-order valence-electron chi connectivity index (χ4n) is 2.11. The van der Waals surface area contributed by atoms with Crippen molar-refractivity contribution >= 4 is 5.97 Å². The van der Waals surface area contributed by atoms with E-state index in [9.17, 15) is 4.79 Å². The summed E-state index contributed by atoms with van der Waals surface area (Å²) in [6.45, 7) is 7.75. The Kier molecular flexibility index (Phi) is 5.02. The summed E-state index contributed by atoms with van der Waals surface area (Å²) in [5, 5.41) is 0. The lowest BCUT2D eigenvalue weighted by molar-refractivity contribution is -0.159. The summed E-state index contributed by atoms with van der Waals surface area (Å²) < 4.78 is 5.60. The summed E-state index contributed by atoms with van der Waals surface area (Å²) in [5.74, 6) is -0.144. The van der Waals surface area contributed by atoms with Crippen LogP contribution in [0.5, 0.6) is 0 Å². The number of ether oxygens (including phenoxy) is 1. The zero-order chi connectivity index (χ0) is 16.2. The van der Waals surface area contributed by atoms with Gasteiger partial charge < -0.3 is 4.74 Å². The Morgan fingerprint density at radius 3 is 2.09 bits per heavy atom. The van der Waals surface area contributed by atoms with Gasteiger partial charge in [0, 0.05) is 0 Å². The first-order valence-electron chi connectivity index (χ1n) is 7.80. The van der Waals surface area contributed by atoms with Gasteiger partial charge in [0.05, 0.1) is 5.41 Å². The molecule has 0 saturated heterocycles. The van der Waals surface area contributed by atoms with Crippen molar-refractivity contribution < 1.29 is 9.53 Å². The van der Waals surface area contributed by atoms with Gasteiger partial charge in [-0.2, -0.15) is 0 Å². The van der Waals surface area contributed by atoms with Gasteiger partial charge in [-0.25, -0.2) is 0 Å². The molecular formula is C20H24O2. The fraction of sp³-hybridized carbons (Fsp3) is 0.350. The third-order valence-electron chi connectivity index (χ3n) is 4.21. The number of carbonyl (C=O) groups is 1. The lowest BCUT2D eigenvalue weighted by atomic mass is 9.90. The van der Waals surface area contributed by atoms with E-state index in [2.05, 4.69) is 24.3 Å². The number of rotatable bonds is 5. The van der Waals surface area contributed by atoms with E-state index < -0.39 is 5.41 Å². The van der Waals surface area contributed by atoms with Gasteiger partial charge in [0.2, 0.25) is 0 Å². The van der Waals surface area contributed by atoms with Crippen LogP contribution in [-0.4, -0.2) is 5.97 Å². The Hall–Kier alpha value is -2.09. The van der Waals surface area contributed by atoms with Crippen molar-refractivity contribution in [3.8, 4) is 11.1 Å². The number of esters is 1. The van der Waals surface area contributed by atoms with Crippen molar-refractivity contribution in [3.63, 3.8) is 0 Å². The van der Waals surface area contributed by atoms with Crippen molar-refractivity contribution in [1.29, 1.82) is 0 Å². The molecule has 1 unspecified atom stereocenters. The highest BCUT2D eigenvalue weighted by atomic mass is 16.5. The molecule has 1 atom stereocenters. The predicted octanol–water partition coefficient (Wildman–Crippen LogP) is 5.39. The van der Waals surface area contributed by atoms with Crippen LogP contribution in [0.2, 0.25) is 0 Å². The SMILES string of the molecule is CCC(C)(C)C(=O)OC(C)c1ccc(-c2ccccc2)cc1. The molecular weight excluding hydrogens is 272 g/mol. The van der Waals surface area contributed by atoms with Gasteiger partial charge in [-0.15, -0.1) is 0 Å². The maximum atomic E-state index is 12.1.